The molecule has 1 unspecified atom stereocenters. The van der Waals surface area contributed by atoms with Crippen LogP contribution in [0.25, 0.3) is 11.0 Å². The molecule has 6 heteroatoms. The van der Waals surface area contributed by atoms with Crippen LogP contribution in [0.2, 0.25) is 0 Å². The predicted molar refractivity (Wildman–Crippen MR) is 97.4 cm³/mol. The van der Waals surface area contributed by atoms with E-state index >= 15 is 0 Å². The van der Waals surface area contributed by atoms with Gasteiger partial charge in [-0.1, -0.05) is 6.92 Å². The molecule has 0 saturated carbocycles. The van der Waals surface area contributed by atoms with Crippen molar-refractivity contribution in [3.63, 3.8) is 0 Å². The van der Waals surface area contributed by atoms with E-state index in [0.29, 0.717) is 23.7 Å². The van der Waals surface area contributed by atoms with Crippen molar-refractivity contribution in [1.29, 1.82) is 0 Å². The zero-order valence-corrected chi connectivity index (χ0v) is 15.5. The van der Waals surface area contributed by atoms with Gasteiger partial charge in [0.1, 0.15) is 11.3 Å². The van der Waals surface area contributed by atoms with Crippen LogP contribution in [0.5, 0.6) is 5.75 Å². The van der Waals surface area contributed by atoms with Crippen molar-refractivity contribution in [3.8, 4) is 5.75 Å². The lowest BCUT2D eigenvalue weighted by Gasteiger charge is -2.30. The molecule has 1 aliphatic heterocycles. The molecule has 3 rings (SSSR count). The fraction of sp³-hybridized carbons (Fsp3) is 0.500. The Bertz CT molecular complexity index is 810. The van der Waals surface area contributed by atoms with Crippen molar-refractivity contribution in [2.45, 2.75) is 33.6 Å². The minimum absolute atomic E-state index is 0.133. The lowest BCUT2D eigenvalue weighted by Crippen LogP contribution is -2.41. The van der Waals surface area contributed by atoms with Crippen molar-refractivity contribution in [2.24, 2.45) is 5.92 Å². The smallest absolute Gasteiger partial charge is 0.375 e. The van der Waals surface area contributed by atoms with Crippen molar-refractivity contribution >= 4 is 22.8 Å². The van der Waals surface area contributed by atoms with E-state index in [1.807, 2.05) is 13.0 Å². The number of carbonyl (C=O) groups is 2. The molecule has 0 N–H and O–H groups in total. The highest BCUT2D eigenvalue weighted by Gasteiger charge is 2.24. The van der Waals surface area contributed by atoms with E-state index in [1.165, 1.54) is 0 Å². The van der Waals surface area contributed by atoms with Gasteiger partial charge in [-0.15, -0.1) is 0 Å². The molecule has 2 heterocycles. The lowest BCUT2D eigenvalue weighted by molar-refractivity contribution is -0.136. The zero-order valence-electron chi connectivity index (χ0n) is 15.5. The van der Waals surface area contributed by atoms with Crippen molar-refractivity contribution in [2.75, 3.05) is 26.3 Å². The van der Waals surface area contributed by atoms with E-state index < -0.39 is 5.97 Å². The van der Waals surface area contributed by atoms with Crippen LogP contribution in [0, 0.1) is 12.8 Å². The Balaban J connectivity index is 1.67. The molecule has 2 aromatic rings. The minimum Gasteiger partial charge on any atom is -0.494 e. The fourth-order valence-corrected chi connectivity index (χ4v) is 3.35. The third-order valence-electron chi connectivity index (χ3n) is 4.74. The van der Waals surface area contributed by atoms with Gasteiger partial charge in [0.05, 0.1) is 6.61 Å². The highest BCUT2D eigenvalue weighted by Crippen LogP contribution is 2.29. The molecular weight excluding hydrogens is 334 g/mol. The maximum absolute atomic E-state index is 12.4. The molecule has 1 aromatic carbocycles. The number of nitrogens with zero attached hydrogens (tertiary/aromatic N) is 1. The molecule has 1 fully saturated rings. The van der Waals surface area contributed by atoms with Gasteiger partial charge in [-0.25, -0.2) is 4.79 Å². The summed E-state index contributed by atoms with van der Waals surface area (Å²) < 4.78 is 16.3. The first-order valence-corrected chi connectivity index (χ1v) is 9.10. The van der Waals surface area contributed by atoms with Gasteiger partial charge in [0.2, 0.25) is 5.76 Å². The summed E-state index contributed by atoms with van der Waals surface area (Å²) in [4.78, 5) is 26.4. The van der Waals surface area contributed by atoms with Gasteiger partial charge in [0, 0.05) is 24.0 Å². The van der Waals surface area contributed by atoms with Gasteiger partial charge in [0.25, 0.3) is 5.91 Å². The number of likely N-dealkylation sites (tertiary alicyclic amines) is 1. The van der Waals surface area contributed by atoms with E-state index in [4.69, 9.17) is 13.9 Å². The third kappa shape index (κ3) is 3.84. The standard InChI is InChI=1S/C20H25NO5/c1-4-24-15-7-8-17-16(10-15)14(3)19(26-17)20(23)25-12-18(22)21-9-5-6-13(2)11-21/h7-8,10,13H,4-6,9,11-12H2,1-3H3. The summed E-state index contributed by atoms with van der Waals surface area (Å²) in [5.74, 6) is 0.569. The van der Waals surface area contributed by atoms with Crippen LogP contribution in [-0.2, 0) is 9.53 Å². The van der Waals surface area contributed by atoms with E-state index in [0.717, 1.165) is 37.1 Å². The summed E-state index contributed by atoms with van der Waals surface area (Å²) in [6.45, 7) is 7.59. The van der Waals surface area contributed by atoms with Crippen LogP contribution in [0.15, 0.2) is 22.6 Å². The zero-order chi connectivity index (χ0) is 18.7. The molecule has 0 spiro atoms. The lowest BCUT2D eigenvalue weighted by atomic mass is 10.0. The Morgan fingerprint density at radius 1 is 1.35 bits per heavy atom. The maximum atomic E-state index is 12.4. The summed E-state index contributed by atoms with van der Waals surface area (Å²) in [6.07, 6.45) is 2.12. The Labute approximate surface area is 153 Å². The van der Waals surface area contributed by atoms with E-state index in [9.17, 15) is 9.59 Å². The van der Waals surface area contributed by atoms with Crippen molar-refractivity contribution in [3.05, 3.63) is 29.5 Å². The number of furan rings is 1. The number of esters is 1. The Hall–Kier alpha value is -2.50. The van der Waals surface area contributed by atoms with Gasteiger partial charge < -0.3 is 18.8 Å². The normalized spacial score (nSPS) is 17.3. The third-order valence-corrected chi connectivity index (χ3v) is 4.74. The van der Waals surface area contributed by atoms with Crippen molar-refractivity contribution in [1.82, 2.24) is 4.90 Å². The molecule has 140 valence electrons. The fourth-order valence-electron chi connectivity index (χ4n) is 3.35. The number of aryl methyl sites for hydroxylation is 1. The van der Waals surface area contributed by atoms with Crippen LogP contribution < -0.4 is 4.74 Å². The van der Waals surface area contributed by atoms with Crippen LogP contribution in [0.4, 0.5) is 0 Å². The number of hydrogen-bond acceptors (Lipinski definition) is 5. The number of amides is 1. The Morgan fingerprint density at radius 2 is 2.15 bits per heavy atom. The molecule has 1 aliphatic rings. The van der Waals surface area contributed by atoms with E-state index in [1.54, 1.807) is 24.0 Å². The van der Waals surface area contributed by atoms with Crippen LogP contribution in [0.3, 0.4) is 0 Å². The van der Waals surface area contributed by atoms with E-state index in [-0.39, 0.29) is 18.3 Å². The van der Waals surface area contributed by atoms with Gasteiger partial charge in [-0.05, 0) is 50.8 Å². The minimum atomic E-state index is -0.616. The second kappa shape index (κ2) is 7.81. The molecular formula is C20H25NO5. The Morgan fingerprint density at radius 3 is 2.88 bits per heavy atom. The Kier molecular flexibility index (Phi) is 5.49. The topological polar surface area (TPSA) is 69.0 Å². The van der Waals surface area contributed by atoms with Crippen LogP contribution >= 0.6 is 0 Å². The summed E-state index contributed by atoms with van der Waals surface area (Å²) >= 11 is 0. The number of ether oxygens (including phenoxy) is 2. The summed E-state index contributed by atoms with van der Waals surface area (Å²) in [7, 11) is 0. The summed E-state index contributed by atoms with van der Waals surface area (Å²) in [6, 6.07) is 5.41. The van der Waals surface area contributed by atoms with Gasteiger partial charge in [-0.2, -0.15) is 0 Å². The quantitative estimate of drug-likeness (QED) is 0.764. The summed E-state index contributed by atoms with van der Waals surface area (Å²) in [5.41, 5.74) is 1.28. The molecule has 1 saturated heterocycles. The average Bonchev–Trinajstić information content (AvgIpc) is 2.96. The van der Waals surface area contributed by atoms with Crippen LogP contribution in [-0.4, -0.2) is 43.1 Å². The van der Waals surface area contributed by atoms with Gasteiger partial charge in [-0.3, -0.25) is 4.79 Å². The predicted octanol–water partition coefficient (Wildman–Crippen LogP) is 3.56. The number of carbonyl (C=O) groups excluding carboxylic acids is 2. The molecule has 6 nitrogen and oxygen atoms in total. The average molecular weight is 359 g/mol. The number of fused-ring (bicyclic) bond motifs is 1. The number of rotatable bonds is 5. The van der Waals surface area contributed by atoms with Gasteiger partial charge in [0.15, 0.2) is 6.61 Å². The number of hydrogen-bond donors (Lipinski definition) is 0. The highest BCUT2D eigenvalue weighted by atomic mass is 16.5. The molecule has 1 aromatic heterocycles. The first-order valence-electron chi connectivity index (χ1n) is 9.10. The molecule has 1 amide bonds. The number of benzene rings is 1. The molecule has 1 atom stereocenters. The van der Waals surface area contributed by atoms with E-state index in [2.05, 4.69) is 6.92 Å². The molecule has 0 radical (unpaired) electrons. The second-order valence-corrected chi connectivity index (χ2v) is 6.81. The largest absolute Gasteiger partial charge is 0.494 e. The first-order chi connectivity index (χ1) is 12.5. The van der Waals surface area contributed by atoms with Crippen LogP contribution in [0.1, 0.15) is 42.8 Å². The monoisotopic (exact) mass is 359 g/mol. The highest BCUT2D eigenvalue weighted by molar-refractivity contribution is 5.97. The molecule has 0 aliphatic carbocycles. The van der Waals surface area contributed by atoms with Crippen molar-refractivity contribution < 1.29 is 23.5 Å². The molecule has 26 heavy (non-hydrogen) atoms. The van der Waals surface area contributed by atoms with Gasteiger partial charge >= 0.3 is 5.97 Å². The number of piperidine rings is 1. The first kappa shape index (κ1) is 18.3. The molecule has 0 bridgehead atoms. The summed E-state index contributed by atoms with van der Waals surface area (Å²) in [5, 5.41) is 0.805. The second-order valence-electron chi connectivity index (χ2n) is 6.81. The SMILES string of the molecule is CCOc1ccc2oc(C(=O)OCC(=O)N3CCCC(C)C3)c(C)c2c1. The maximum Gasteiger partial charge on any atom is 0.375 e.